The average Bonchev–Trinajstić information content (AvgIpc) is 2.17. The molecule has 2 bridgehead atoms. The van der Waals surface area contributed by atoms with Crippen LogP contribution < -0.4 is 4.90 Å². The van der Waals surface area contributed by atoms with Gasteiger partial charge >= 0.3 is 0 Å². The first-order chi connectivity index (χ1) is 7.25. The van der Waals surface area contributed by atoms with E-state index < -0.39 is 0 Å². The summed E-state index contributed by atoms with van der Waals surface area (Å²) in [5, 5.41) is 10.4. The maximum Gasteiger partial charge on any atom is 0.240 e. The van der Waals surface area contributed by atoms with Crippen molar-refractivity contribution in [1.82, 2.24) is 0 Å². The fraction of sp³-hybridized carbons (Fsp3) is 0.364. The first-order valence-electron chi connectivity index (χ1n) is 5.00. The van der Waals surface area contributed by atoms with Crippen LogP contribution in [0.5, 0.6) is 5.75 Å². The summed E-state index contributed by atoms with van der Waals surface area (Å²) in [5.41, 5.74) is 0.650. The van der Waals surface area contributed by atoms with E-state index in [0.29, 0.717) is 10.9 Å². The van der Waals surface area contributed by atoms with Crippen molar-refractivity contribution >= 4 is 23.4 Å². The Morgan fingerprint density at radius 3 is 2.80 bits per heavy atom. The minimum absolute atomic E-state index is 0.128. The van der Waals surface area contributed by atoms with Crippen LogP contribution in [-0.2, 0) is 4.79 Å². The van der Waals surface area contributed by atoms with Crippen molar-refractivity contribution in [3.63, 3.8) is 0 Å². The average molecular weight is 221 g/mol. The molecule has 78 valence electrons. The van der Waals surface area contributed by atoms with E-state index in [1.807, 2.05) is 6.07 Å². The molecular formula is C11H11NO2S. The van der Waals surface area contributed by atoms with Crippen molar-refractivity contribution < 1.29 is 9.90 Å². The number of amides is 1. The zero-order chi connectivity index (χ0) is 10.4. The van der Waals surface area contributed by atoms with Gasteiger partial charge in [0, 0.05) is 11.8 Å². The van der Waals surface area contributed by atoms with Gasteiger partial charge < -0.3 is 10.0 Å². The van der Waals surface area contributed by atoms with E-state index >= 15 is 0 Å². The maximum atomic E-state index is 11.9. The molecule has 2 unspecified atom stereocenters. The van der Waals surface area contributed by atoms with E-state index in [-0.39, 0.29) is 16.9 Å². The Balaban J connectivity index is 1.94. The number of aromatic hydroxyl groups is 1. The minimum atomic E-state index is 0.128. The number of para-hydroxylation sites is 2. The van der Waals surface area contributed by atoms with Crippen LogP contribution in [0.4, 0.5) is 5.69 Å². The molecule has 4 heteroatoms. The Bertz CT molecular complexity index is 415. The van der Waals surface area contributed by atoms with Gasteiger partial charge in [-0.3, -0.25) is 4.79 Å². The lowest BCUT2D eigenvalue weighted by molar-refractivity contribution is -0.119. The van der Waals surface area contributed by atoms with Gasteiger partial charge in [-0.1, -0.05) is 12.1 Å². The van der Waals surface area contributed by atoms with Gasteiger partial charge in [-0.05, 0) is 18.6 Å². The third kappa shape index (κ3) is 1.32. The number of phenols is 1. The smallest absolute Gasteiger partial charge is 0.240 e. The van der Waals surface area contributed by atoms with Crippen molar-refractivity contribution in [2.45, 2.75) is 16.9 Å². The lowest BCUT2D eigenvalue weighted by Crippen LogP contribution is -2.55. The Kier molecular flexibility index (Phi) is 1.92. The van der Waals surface area contributed by atoms with E-state index in [9.17, 15) is 9.90 Å². The monoisotopic (exact) mass is 221 g/mol. The van der Waals surface area contributed by atoms with Crippen LogP contribution in [-0.4, -0.2) is 28.1 Å². The van der Waals surface area contributed by atoms with Crippen LogP contribution in [0.2, 0.25) is 0 Å². The number of hydrogen-bond donors (Lipinski definition) is 1. The second kappa shape index (κ2) is 3.17. The van der Waals surface area contributed by atoms with Crippen LogP contribution in [0, 0.1) is 0 Å². The van der Waals surface area contributed by atoms with E-state index in [1.54, 1.807) is 34.9 Å². The summed E-state index contributed by atoms with van der Waals surface area (Å²) in [4.78, 5) is 13.6. The summed E-state index contributed by atoms with van der Waals surface area (Å²) in [5.74, 6) is 0.334. The molecule has 3 heterocycles. The van der Waals surface area contributed by atoms with Gasteiger partial charge in [0.05, 0.1) is 10.9 Å². The quantitative estimate of drug-likeness (QED) is 0.783. The normalized spacial score (nSPS) is 28.8. The topological polar surface area (TPSA) is 40.5 Å². The molecule has 0 aromatic heterocycles. The molecule has 3 fully saturated rings. The summed E-state index contributed by atoms with van der Waals surface area (Å²) < 4.78 is 0. The van der Waals surface area contributed by atoms with Crippen LogP contribution >= 0.6 is 11.8 Å². The number of nitrogens with zero attached hydrogens (tertiary/aromatic N) is 1. The molecule has 0 aliphatic carbocycles. The van der Waals surface area contributed by atoms with Crippen LogP contribution in [0.1, 0.15) is 6.42 Å². The van der Waals surface area contributed by atoms with Crippen molar-refractivity contribution in [1.29, 1.82) is 0 Å². The number of carbonyl (C=O) groups excluding carboxylic acids is 1. The zero-order valence-corrected chi connectivity index (χ0v) is 8.91. The Morgan fingerprint density at radius 1 is 1.40 bits per heavy atom. The minimum Gasteiger partial charge on any atom is -0.506 e. The highest BCUT2D eigenvalue weighted by Gasteiger charge is 2.45. The molecule has 0 saturated carbocycles. The molecule has 3 aliphatic rings. The molecule has 1 aromatic carbocycles. The van der Waals surface area contributed by atoms with Crippen LogP contribution in [0.25, 0.3) is 0 Å². The number of thioether (sulfide) groups is 1. The molecule has 4 rings (SSSR count). The predicted octanol–water partition coefficient (Wildman–Crippen LogP) is 1.61. The first kappa shape index (κ1) is 9.09. The van der Waals surface area contributed by atoms with E-state index in [4.69, 9.17) is 0 Å². The van der Waals surface area contributed by atoms with Gasteiger partial charge in [-0.25, -0.2) is 0 Å². The second-order valence-corrected chi connectivity index (χ2v) is 5.43. The summed E-state index contributed by atoms with van der Waals surface area (Å²) in [6.45, 7) is 0.734. The molecule has 1 amide bonds. The molecule has 3 nitrogen and oxygen atoms in total. The lowest BCUT2D eigenvalue weighted by atomic mass is 10.1. The zero-order valence-electron chi connectivity index (χ0n) is 8.09. The van der Waals surface area contributed by atoms with E-state index in [0.717, 1.165) is 13.0 Å². The Labute approximate surface area is 92.1 Å². The number of rotatable bonds is 1. The van der Waals surface area contributed by atoms with Gasteiger partial charge in [-0.2, -0.15) is 0 Å². The van der Waals surface area contributed by atoms with Crippen molar-refractivity contribution in [2.24, 2.45) is 0 Å². The standard InChI is InChI=1S/C11H11NO2S/c13-9-4-2-1-3-8(9)12-6-7-5-10(15-7)11(12)14/h1-4,7,10,13H,5-6H2. The largest absolute Gasteiger partial charge is 0.506 e. The fourth-order valence-electron chi connectivity index (χ4n) is 2.11. The number of carbonyl (C=O) groups is 1. The second-order valence-electron chi connectivity index (χ2n) is 3.92. The van der Waals surface area contributed by atoms with E-state index in [2.05, 4.69) is 0 Å². The molecule has 2 atom stereocenters. The fourth-order valence-corrected chi connectivity index (χ4v) is 3.35. The number of phenolic OH excluding ortho intramolecular Hbond substituents is 1. The third-order valence-electron chi connectivity index (χ3n) is 2.93. The van der Waals surface area contributed by atoms with E-state index in [1.165, 1.54) is 0 Å². The number of anilines is 1. The Hall–Kier alpha value is -1.16. The Morgan fingerprint density at radius 2 is 2.13 bits per heavy atom. The predicted molar refractivity (Wildman–Crippen MR) is 60.2 cm³/mol. The molecule has 3 aliphatic heterocycles. The SMILES string of the molecule is O=C1C2CC(CN1c1ccccc1O)S2. The third-order valence-corrected chi connectivity index (χ3v) is 4.38. The lowest BCUT2D eigenvalue weighted by Gasteiger charge is -2.45. The molecule has 0 spiro atoms. The summed E-state index contributed by atoms with van der Waals surface area (Å²) in [7, 11) is 0. The molecule has 15 heavy (non-hydrogen) atoms. The summed E-state index contributed by atoms with van der Waals surface area (Å²) in [6, 6.07) is 7.02. The molecule has 1 N–H and O–H groups in total. The van der Waals surface area contributed by atoms with Crippen molar-refractivity contribution in [3.05, 3.63) is 24.3 Å². The highest BCUT2D eigenvalue weighted by Crippen LogP contribution is 2.44. The number of hydrogen-bond acceptors (Lipinski definition) is 3. The summed E-state index contributed by atoms with van der Waals surface area (Å²) >= 11 is 1.75. The summed E-state index contributed by atoms with van der Waals surface area (Å²) in [6.07, 6.45) is 1.01. The highest BCUT2D eigenvalue weighted by molar-refractivity contribution is 8.02. The van der Waals surface area contributed by atoms with Crippen LogP contribution in [0.3, 0.4) is 0 Å². The number of piperidine rings is 1. The van der Waals surface area contributed by atoms with Gasteiger partial charge in [0.1, 0.15) is 5.75 Å². The van der Waals surface area contributed by atoms with Crippen LogP contribution in [0.15, 0.2) is 24.3 Å². The van der Waals surface area contributed by atoms with Gasteiger partial charge in [0.15, 0.2) is 0 Å². The maximum absolute atomic E-state index is 11.9. The van der Waals surface area contributed by atoms with Gasteiger partial charge in [-0.15, -0.1) is 11.8 Å². The number of benzene rings is 1. The molecule has 0 radical (unpaired) electrons. The molecule has 1 aromatic rings. The van der Waals surface area contributed by atoms with Crippen molar-refractivity contribution in [2.75, 3.05) is 11.4 Å². The highest BCUT2D eigenvalue weighted by atomic mass is 32.2. The number of fused-ring (bicyclic) bond motifs is 2. The molecular weight excluding hydrogens is 210 g/mol. The van der Waals surface area contributed by atoms with Gasteiger partial charge in [0.25, 0.3) is 0 Å². The molecule has 3 saturated heterocycles. The van der Waals surface area contributed by atoms with Gasteiger partial charge in [0.2, 0.25) is 5.91 Å². The van der Waals surface area contributed by atoms with Crippen molar-refractivity contribution in [3.8, 4) is 5.75 Å². The first-order valence-corrected chi connectivity index (χ1v) is 5.95.